The smallest absolute Gasteiger partial charge is 0.120 e. The maximum Gasteiger partial charge on any atom is 0.120 e. The number of aliphatic hydroxyl groups is 1. The Morgan fingerprint density at radius 2 is 1.64 bits per heavy atom. The van der Waals surface area contributed by atoms with Gasteiger partial charge in [-0.3, -0.25) is 4.90 Å². The van der Waals surface area contributed by atoms with Crippen molar-refractivity contribution in [2.75, 3.05) is 26.3 Å². The van der Waals surface area contributed by atoms with Crippen molar-refractivity contribution in [3.63, 3.8) is 0 Å². The van der Waals surface area contributed by atoms with Gasteiger partial charge in [-0.2, -0.15) is 0 Å². The predicted molar refractivity (Wildman–Crippen MR) is 99.0 cm³/mol. The first-order valence-electron chi connectivity index (χ1n) is 9.09. The summed E-state index contributed by atoms with van der Waals surface area (Å²) in [6.45, 7) is 3.37. The number of benzene rings is 2. The molecule has 0 amide bonds. The van der Waals surface area contributed by atoms with Crippen LogP contribution >= 0.6 is 0 Å². The third-order valence-corrected chi connectivity index (χ3v) is 4.68. The number of aliphatic hydroxyl groups excluding tert-OH is 1. The lowest BCUT2D eigenvalue weighted by Crippen LogP contribution is -2.43. The number of nitrogens with zero attached hydrogens (tertiary/aromatic N) is 1. The average Bonchev–Trinajstić information content (AvgIpc) is 2.68. The molecule has 2 aromatic carbocycles. The zero-order chi connectivity index (χ0) is 17.3. The number of ether oxygens (including phenoxy) is 2. The number of hydrogen-bond acceptors (Lipinski definition) is 4. The first-order valence-corrected chi connectivity index (χ1v) is 9.09. The molecule has 0 radical (unpaired) electrons. The minimum Gasteiger partial charge on any atom is -0.492 e. The number of hydrogen-bond donors (Lipinski definition) is 1. The van der Waals surface area contributed by atoms with E-state index in [4.69, 9.17) is 9.47 Å². The van der Waals surface area contributed by atoms with Gasteiger partial charge in [0.25, 0.3) is 0 Å². The Morgan fingerprint density at radius 1 is 0.920 bits per heavy atom. The molecule has 1 aliphatic rings. The van der Waals surface area contributed by atoms with Crippen molar-refractivity contribution in [2.45, 2.75) is 31.9 Å². The lowest BCUT2D eigenvalue weighted by molar-refractivity contribution is 0.0773. The summed E-state index contributed by atoms with van der Waals surface area (Å²) in [7, 11) is 0. The number of piperidine rings is 1. The van der Waals surface area contributed by atoms with Crippen LogP contribution < -0.4 is 9.47 Å². The normalized spacial score (nSPS) is 18.0. The molecule has 0 spiro atoms. The summed E-state index contributed by atoms with van der Waals surface area (Å²) in [5.41, 5.74) is 1.16. The van der Waals surface area contributed by atoms with Gasteiger partial charge in [-0.25, -0.2) is 0 Å². The van der Waals surface area contributed by atoms with Gasteiger partial charge in [-0.15, -0.1) is 0 Å². The van der Waals surface area contributed by atoms with E-state index in [0.29, 0.717) is 19.3 Å². The Kier molecular flexibility index (Phi) is 6.71. The quantitative estimate of drug-likeness (QED) is 0.798. The highest BCUT2D eigenvalue weighted by Crippen LogP contribution is 2.20. The second-order valence-corrected chi connectivity index (χ2v) is 6.46. The van der Waals surface area contributed by atoms with Crippen LogP contribution in [-0.4, -0.2) is 42.4 Å². The molecule has 2 aromatic rings. The van der Waals surface area contributed by atoms with E-state index in [2.05, 4.69) is 17.0 Å². The first kappa shape index (κ1) is 17.8. The zero-order valence-electron chi connectivity index (χ0n) is 14.6. The molecule has 1 fully saturated rings. The molecule has 1 N–H and O–H groups in total. The summed E-state index contributed by atoms with van der Waals surface area (Å²) < 4.78 is 11.6. The second kappa shape index (κ2) is 9.44. The molecule has 0 bridgehead atoms. The van der Waals surface area contributed by atoms with E-state index in [1.165, 1.54) is 12.8 Å². The maximum atomic E-state index is 9.44. The van der Waals surface area contributed by atoms with E-state index in [0.717, 1.165) is 36.6 Å². The Hall–Kier alpha value is -2.04. The van der Waals surface area contributed by atoms with E-state index in [-0.39, 0.29) is 6.61 Å². The molecule has 1 aliphatic heterocycles. The summed E-state index contributed by atoms with van der Waals surface area (Å²) in [6.07, 6.45) is 3.51. The number of rotatable bonds is 8. The van der Waals surface area contributed by atoms with E-state index in [1.54, 1.807) is 0 Å². The molecular weight excluding hydrogens is 314 g/mol. The highest BCUT2D eigenvalue weighted by molar-refractivity contribution is 5.31. The van der Waals surface area contributed by atoms with Gasteiger partial charge < -0.3 is 14.6 Å². The van der Waals surface area contributed by atoms with Crippen molar-refractivity contribution in [3.8, 4) is 11.5 Å². The molecule has 134 valence electrons. The van der Waals surface area contributed by atoms with Crippen LogP contribution in [0.5, 0.6) is 11.5 Å². The van der Waals surface area contributed by atoms with Gasteiger partial charge in [0.2, 0.25) is 0 Å². The number of likely N-dealkylation sites (tertiary alicyclic amines) is 1. The van der Waals surface area contributed by atoms with Crippen LogP contribution in [0.25, 0.3) is 0 Å². The van der Waals surface area contributed by atoms with Crippen LogP contribution in [0.3, 0.4) is 0 Å². The lowest BCUT2D eigenvalue weighted by atomic mass is 10.0. The first-order chi connectivity index (χ1) is 12.3. The molecule has 4 nitrogen and oxygen atoms in total. The molecule has 0 aromatic heterocycles. The van der Waals surface area contributed by atoms with Crippen molar-refractivity contribution >= 4 is 0 Å². The van der Waals surface area contributed by atoms with E-state index in [1.807, 2.05) is 42.5 Å². The highest BCUT2D eigenvalue weighted by Gasteiger charge is 2.20. The monoisotopic (exact) mass is 341 g/mol. The van der Waals surface area contributed by atoms with Gasteiger partial charge in [0, 0.05) is 12.6 Å². The fourth-order valence-electron chi connectivity index (χ4n) is 3.21. The van der Waals surface area contributed by atoms with Gasteiger partial charge in [0.1, 0.15) is 24.7 Å². The maximum absolute atomic E-state index is 9.44. The van der Waals surface area contributed by atoms with Gasteiger partial charge in [0.05, 0.1) is 6.61 Å². The molecule has 0 aliphatic carbocycles. The molecule has 0 saturated carbocycles. The topological polar surface area (TPSA) is 41.9 Å². The van der Waals surface area contributed by atoms with Gasteiger partial charge in [0.15, 0.2) is 0 Å². The molecule has 3 rings (SSSR count). The van der Waals surface area contributed by atoms with Crippen LogP contribution in [0.2, 0.25) is 0 Å². The Balaban J connectivity index is 1.41. The Labute approximate surface area is 150 Å². The minimum absolute atomic E-state index is 0.244. The van der Waals surface area contributed by atoms with Crippen molar-refractivity contribution in [1.29, 1.82) is 0 Å². The largest absolute Gasteiger partial charge is 0.492 e. The second-order valence-electron chi connectivity index (χ2n) is 6.46. The minimum atomic E-state index is 0.244. The van der Waals surface area contributed by atoms with Gasteiger partial charge in [-0.1, -0.05) is 36.8 Å². The van der Waals surface area contributed by atoms with Gasteiger partial charge in [-0.05, 0) is 49.2 Å². The molecule has 1 unspecified atom stereocenters. The van der Waals surface area contributed by atoms with Crippen LogP contribution in [0.1, 0.15) is 24.8 Å². The summed E-state index contributed by atoms with van der Waals surface area (Å²) >= 11 is 0. The summed E-state index contributed by atoms with van der Waals surface area (Å²) in [5.74, 6) is 1.69. The van der Waals surface area contributed by atoms with Crippen LogP contribution in [0, 0.1) is 0 Å². The van der Waals surface area contributed by atoms with Crippen molar-refractivity contribution in [1.82, 2.24) is 4.90 Å². The van der Waals surface area contributed by atoms with Crippen LogP contribution in [-0.2, 0) is 6.61 Å². The van der Waals surface area contributed by atoms with Gasteiger partial charge >= 0.3 is 0 Å². The highest BCUT2D eigenvalue weighted by atomic mass is 16.5. The van der Waals surface area contributed by atoms with Crippen LogP contribution in [0.4, 0.5) is 0 Å². The Morgan fingerprint density at radius 3 is 2.36 bits per heavy atom. The standard InChI is InChI=1S/C21H27NO3/c23-16-19-8-4-5-13-22(19)14-15-24-20-9-11-21(12-10-20)25-17-18-6-2-1-3-7-18/h1-3,6-7,9-12,19,23H,4-5,8,13-17H2. The fraction of sp³-hybridized carbons (Fsp3) is 0.429. The Bertz CT molecular complexity index is 615. The molecule has 4 heteroatoms. The molecule has 1 saturated heterocycles. The lowest BCUT2D eigenvalue weighted by Gasteiger charge is -2.34. The fourth-order valence-corrected chi connectivity index (χ4v) is 3.21. The van der Waals surface area contributed by atoms with E-state index < -0.39 is 0 Å². The summed E-state index contributed by atoms with van der Waals surface area (Å²) in [5, 5.41) is 9.44. The zero-order valence-corrected chi connectivity index (χ0v) is 14.6. The third kappa shape index (κ3) is 5.48. The third-order valence-electron chi connectivity index (χ3n) is 4.68. The van der Waals surface area contributed by atoms with Crippen molar-refractivity contribution in [2.24, 2.45) is 0 Å². The predicted octanol–water partition coefficient (Wildman–Crippen LogP) is 3.49. The average molecular weight is 341 g/mol. The van der Waals surface area contributed by atoms with Crippen LogP contribution in [0.15, 0.2) is 54.6 Å². The molecule has 1 heterocycles. The molecular formula is C21H27NO3. The van der Waals surface area contributed by atoms with E-state index >= 15 is 0 Å². The van der Waals surface area contributed by atoms with Crippen molar-refractivity contribution in [3.05, 3.63) is 60.2 Å². The molecule has 25 heavy (non-hydrogen) atoms. The van der Waals surface area contributed by atoms with E-state index in [9.17, 15) is 5.11 Å². The van der Waals surface area contributed by atoms with Crippen molar-refractivity contribution < 1.29 is 14.6 Å². The summed E-state index contributed by atoms with van der Waals surface area (Å²) in [6, 6.07) is 18.2. The SMILES string of the molecule is OCC1CCCCN1CCOc1ccc(OCc2ccccc2)cc1. The molecule has 1 atom stereocenters. The summed E-state index contributed by atoms with van der Waals surface area (Å²) in [4.78, 5) is 2.33.